The number of pyridine rings is 1. The van der Waals surface area contributed by atoms with Crippen molar-refractivity contribution < 1.29 is 14.3 Å². The van der Waals surface area contributed by atoms with Crippen molar-refractivity contribution in [2.75, 3.05) is 18.5 Å². The van der Waals surface area contributed by atoms with Crippen LogP contribution in [0.5, 0.6) is 5.75 Å². The van der Waals surface area contributed by atoms with Crippen LogP contribution in [0, 0.1) is 0 Å². The molecule has 0 saturated carbocycles. The number of hydrogen-bond acceptors (Lipinski definition) is 5. The van der Waals surface area contributed by atoms with E-state index < -0.39 is 0 Å². The zero-order valence-electron chi connectivity index (χ0n) is 14.5. The van der Waals surface area contributed by atoms with Crippen LogP contribution in [0.2, 0.25) is 0 Å². The number of carbonyl (C=O) groups is 2. The monoisotopic (exact) mass is 354 g/mol. The standard InChI is InChI=1S/C19H22N4O3/c24-16-5-1-4-14-18(16)13(9-22-14)19(25)23-15-10-20-8-6-17(15)26-11-12-3-2-7-21-12/h6,8-10,12,21-22H,1-5,7,11H2,(H,23,25)/t12-/m0/s1. The molecule has 3 heterocycles. The Labute approximate surface area is 151 Å². The van der Waals surface area contributed by atoms with E-state index in [4.69, 9.17) is 4.74 Å². The number of nitrogens with one attached hydrogen (secondary N) is 3. The molecule has 0 radical (unpaired) electrons. The van der Waals surface area contributed by atoms with Crippen molar-refractivity contribution in [3.05, 3.63) is 41.5 Å². The van der Waals surface area contributed by atoms with E-state index in [0.717, 1.165) is 37.9 Å². The third-order valence-electron chi connectivity index (χ3n) is 4.95. The molecule has 136 valence electrons. The van der Waals surface area contributed by atoms with Gasteiger partial charge in [0.25, 0.3) is 5.91 Å². The van der Waals surface area contributed by atoms with Gasteiger partial charge in [-0.3, -0.25) is 14.6 Å². The third-order valence-corrected chi connectivity index (χ3v) is 4.95. The lowest BCUT2D eigenvalue weighted by Crippen LogP contribution is -2.28. The highest BCUT2D eigenvalue weighted by molar-refractivity contribution is 6.13. The van der Waals surface area contributed by atoms with E-state index >= 15 is 0 Å². The molecular formula is C19H22N4O3. The molecule has 0 unspecified atom stereocenters. The highest BCUT2D eigenvalue weighted by atomic mass is 16.5. The summed E-state index contributed by atoms with van der Waals surface area (Å²) in [5.74, 6) is 0.278. The van der Waals surface area contributed by atoms with E-state index in [1.54, 1.807) is 24.7 Å². The second-order valence-electron chi connectivity index (χ2n) is 6.76. The zero-order chi connectivity index (χ0) is 17.9. The zero-order valence-corrected chi connectivity index (χ0v) is 14.5. The van der Waals surface area contributed by atoms with E-state index in [1.165, 1.54) is 0 Å². The highest BCUT2D eigenvalue weighted by Gasteiger charge is 2.26. The molecule has 7 heteroatoms. The average Bonchev–Trinajstić information content (AvgIpc) is 3.31. The van der Waals surface area contributed by atoms with Crippen molar-refractivity contribution in [3.63, 3.8) is 0 Å². The molecule has 1 amide bonds. The third kappa shape index (κ3) is 3.35. The fraction of sp³-hybridized carbons (Fsp3) is 0.421. The number of H-pyrrole nitrogens is 1. The molecule has 1 aliphatic carbocycles. The SMILES string of the molecule is O=C(Nc1cnccc1OC[C@@H]1CCCN1)c1c[nH]c2c1C(=O)CCC2. The first-order valence-electron chi connectivity index (χ1n) is 9.07. The number of Topliss-reactive ketones (excluding diaryl/α,β-unsaturated/α-hetero) is 1. The Hall–Kier alpha value is -2.67. The Kier molecular flexibility index (Phi) is 4.71. The Balaban J connectivity index is 1.50. The highest BCUT2D eigenvalue weighted by Crippen LogP contribution is 2.27. The molecule has 0 spiro atoms. The van der Waals surface area contributed by atoms with Gasteiger partial charge in [0.15, 0.2) is 5.78 Å². The maximum absolute atomic E-state index is 12.7. The van der Waals surface area contributed by atoms with Crippen LogP contribution in [0.3, 0.4) is 0 Å². The summed E-state index contributed by atoms with van der Waals surface area (Å²) in [5.41, 5.74) is 2.27. The molecule has 3 N–H and O–H groups in total. The van der Waals surface area contributed by atoms with Gasteiger partial charge in [0, 0.05) is 36.6 Å². The Morgan fingerprint density at radius 2 is 2.27 bits per heavy atom. The summed E-state index contributed by atoms with van der Waals surface area (Å²) in [4.78, 5) is 32.1. The second kappa shape index (κ2) is 7.29. The predicted octanol–water partition coefficient (Wildman–Crippen LogP) is 2.31. The minimum absolute atomic E-state index is 0.0209. The number of aryl methyl sites for hydroxylation is 1. The van der Waals surface area contributed by atoms with E-state index in [9.17, 15) is 9.59 Å². The number of carbonyl (C=O) groups excluding carboxylic acids is 2. The van der Waals surface area contributed by atoms with E-state index in [1.807, 2.05) is 0 Å². The number of hydrogen-bond donors (Lipinski definition) is 3. The summed E-state index contributed by atoms with van der Waals surface area (Å²) >= 11 is 0. The smallest absolute Gasteiger partial charge is 0.258 e. The largest absolute Gasteiger partial charge is 0.490 e. The summed E-state index contributed by atoms with van der Waals surface area (Å²) in [6.07, 6.45) is 9.16. The normalized spacial score (nSPS) is 19.2. The molecule has 4 rings (SSSR count). The van der Waals surface area contributed by atoms with Crippen molar-refractivity contribution in [2.24, 2.45) is 0 Å². The van der Waals surface area contributed by atoms with E-state index in [2.05, 4.69) is 20.6 Å². The fourth-order valence-electron chi connectivity index (χ4n) is 3.59. The minimum Gasteiger partial charge on any atom is -0.490 e. The van der Waals surface area contributed by atoms with Crippen LogP contribution in [0.1, 0.15) is 52.1 Å². The second-order valence-corrected chi connectivity index (χ2v) is 6.76. The molecule has 0 aromatic carbocycles. The number of ether oxygens (including phenoxy) is 1. The Morgan fingerprint density at radius 1 is 1.35 bits per heavy atom. The van der Waals surface area contributed by atoms with Gasteiger partial charge < -0.3 is 20.4 Å². The average molecular weight is 354 g/mol. The van der Waals surface area contributed by atoms with Crippen molar-refractivity contribution >= 4 is 17.4 Å². The first-order valence-corrected chi connectivity index (χ1v) is 9.07. The number of fused-ring (bicyclic) bond motifs is 1. The lowest BCUT2D eigenvalue weighted by molar-refractivity contribution is 0.0956. The van der Waals surface area contributed by atoms with Crippen molar-refractivity contribution in [2.45, 2.75) is 38.1 Å². The van der Waals surface area contributed by atoms with Gasteiger partial charge in [-0.2, -0.15) is 0 Å². The van der Waals surface area contributed by atoms with Crippen molar-refractivity contribution in [1.29, 1.82) is 0 Å². The number of amides is 1. The van der Waals surface area contributed by atoms with Crippen LogP contribution >= 0.6 is 0 Å². The van der Waals surface area contributed by atoms with Crippen molar-refractivity contribution in [1.82, 2.24) is 15.3 Å². The number of rotatable bonds is 5. The predicted molar refractivity (Wildman–Crippen MR) is 96.8 cm³/mol. The van der Waals surface area contributed by atoms with Gasteiger partial charge in [-0.15, -0.1) is 0 Å². The van der Waals surface area contributed by atoms with Gasteiger partial charge in [-0.25, -0.2) is 0 Å². The molecule has 26 heavy (non-hydrogen) atoms. The molecular weight excluding hydrogens is 332 g/mol. The molecule has 2 aliphatic rings. The summed E-state index contributed by atoms with van der Waals surface area (Å²) in [7, 11) is 0. The van der Waals surface area contributed by atoms with Crippen LogP contribution in [-0.2, 0) is 6.42 Å². The fourth-order valence-corrected chi connectivity index (χ4v) is 3.59. The van der Waals surface area contributed by atoms with Crippen LogP contribution in [0.25, 0.3) is 0 Å². The lowest BCUT2D eigenvalue weighted by Gasteiger charge is -2.16. The number of nitrogens with zero attached hydrogens (tertiary/aromatic N) is 1. The minimum atomic E-state index is -0.324. The first-order chi connectivity index (χ1) is 12.7. The Morgan fingerprint density at radius 3 is 3.12 bits per heavy atom. The molecule has 1 aliphatic heterocycles. The number of ketones is 1. The number of aromatic nitrogens is 2. The van der Waals surface area contributed by atoms with Crippen LogP contribution in [0.15, 0.2) is 24.7 Å². The van der Waals surface area contributed by atoms with Gasteiger partial charge in [0.2, 0.25) is 0 Å². The van der Waals surface area contributed by atoms with E-state index in [-0.39, 0.29) is 11.7 Å². The molecule has 0 bridgehead atoms. The van der Waals surface area contributed by atoms with Gasteiger partial charge in [0.05, 0.1) is 17.3 Å². The van der Waals surface area contributed by atoms with Gasteiger partial charge in [-0.05, 0) is 32.2 Å². The van der Waals surface area contributed by atoms with Crippen molar-refractivity contribution in [3.8, 4) is 5.75 Å². The number of aromatic amines is 1. The van der Waals surface area contributed by atoms with E-state index in [0.29, 0.717) is 41.6 Å². The molecule has 1 atom stereocenters. The van der Waals surface area contributed by atoms with Gasteiger partial charge in [0.1, 0.15) is 18.0 Å². The van der Waals surface area contributed by atoms with Crippen LogP contribution < -0.4 is 15.4 Å². The Bertz CT molecular complexity index is 824. The van der Waals surface area contributed by atoms with Crippen LogP contribution in [0.4, 0.5) is 5.69 Å². The maximum atomic E-state index is 12.7. The number of anilines is 1. The van der Waals surface area contributed by atoms with Gasteiger partial charge in [-0.1, -0.05) is 0 Å². The molecule has 1 fully saturated rings. The van der Waals surface area contributed by atoms with Gasteiger partial charge >= 0.3 is 0 Å². The topological polar surface area (TPSA) is 96.1 Å². The quantitative estimate of drug-likeness (QED) is 0.766. The first kappa shape index (κ1) is 16.8. The van der Waals surface area contributed by atoms with Crippen LogP contribution in [-0.4, -0.2) is 40.9 Å². The molecule has 2 aromatic rings. The summed E-state index contributed by atoms with van der Waals surface area (Å²) < 4.78 is 5.88. The molecule has 1 saturated heterocycles. The molecule has 7 nitrogen and oxygen atoms in total. The lowest BCUT2D eigenvalue weighted by atomic mass is 9.93. The summed E-state index contributed by atoms with van der Waals surface area (Å²) in [6.45, 7) is 1.56. The summed E-state index contributed by atoms with van der Waals surface area (Å²) in [6, 6.07) is 2.07. The summed E-state index contributed by atoms with van der Waals surface area (Å²) in [5, 5.41) is 6.22. The molecule has 2 aromatic heterocycles. The maximum Gasteiger partial charge on any atom is 0.258 e.